The summed E-state index contributed by atoms with van der Waals surface area (Å²) in [6, 6.07) is 0.780. The first-order valence-electron chi connectivity index (χ1n) is 7.37. The number of nitrogens with one attached hydrogen (secondary N) is 1. The first-order chi connectivity index (χ1) is 8.34. The lowest BCUT2D eigenvalue weighted by molar-refractivity contribution is 0.144. The third-order valence-corrected chi connectivity index (χ3v) is 3.61. The lowest BCUT2D eigenvalue weighted by atomic mass is 10.1. The zero-order valence-corrected chi connectivity index (χ0v) is 11.7. The Kier molecular flexibility index (Phi) is 8.67. The van der Waals surface area contributed by atoms with Gasteiger partial charge in [0, 0.05) is 32.3 Å². The van der Waals surface area contributed by atoms with Crippen LogP contribution in [0.4, 0.5) is 0 Å². The molecule has 0 radical (unpaired) electrons. The summed E-state index contributed by atoms with van der Waals surface area (Å²) in [7, 11) is 0. The molecule has 17 heavy (non-hydrogen) atoms. The fourth-order valence-electron chi connectivity index (χ4n) is 2.46. The van der Waals surface area contributed by atoms with Gasteiger partial charge in [-0.25, -0.2) is 0 Å². The molecule has 0 aromatic carbocycles. The Balaban J connectivity index is 1.97. The lowest BCUT2D eigenvalue weighted by Crippen LogP contribution is -2.38. The van der Waals surface area contributed by atoms with E-state index >= 15 is 0 Å². The quantitative estimate of drug-likeness (QED) is 0.661. The van der Waals surface area contributed by atoms with E-state index in [1.165, 1.54) is 38.8 Å². The lowest BCUT2D eigenvalue weighted by Gasteiger charge is -2.26. The average Bonchev–Trinajstić information content (AvgIpc) is 2.53. The van der Waals surface area contributed by atoms with Crippen molar-refractivity contribution < 1.29 is 4.74 Å². The molecule has 102 valence electrons. The average molecular weight is 242 g/mol. The van der Waals surface area contributed by atoms with Crippen molar-refractivity contribution in [3.05, 3.63) is 0 Å². The van der Waals surface area contributed by atoms with Gasteiger partial charge < -0.3 is 10.1 Å². The molecule has 0 aromatic heterocycles. The zero-order chi connectivity index (χ0) is 12.3. The Labute approximate surface area is 107 Å². The molecule has 3 heteroatoms. The Morgan fingerprint density at radius 2 is 2.12 bits per heavy atom. The second-order valence-electron chi connectivity index (χ2n) is 5.03. The summed E-state index contributed by atoms with van der Waals surface area (Å²) in [4.78, 5) is 2.64. The highest BCUT2D eigenvalue weighted by atomic mass is 16.5. The Morgan fingerprint density at radius 1 is 1.24 bits per heavy atom. The Morgan fingerprint density at radius 3 is 2.94 bits per heavy atom. The molecule has 1 saturated heterocycles. The minimum atomic E-state index is 0.780. The van der Waals surface area contributed by atoms with Gasteiger partial charge in [-0.1, -0.05) is 12.8 Å². The van der Waals surface area contributed by atoms with E-state index in [9.17, 15) is 0 Å². The molecule has 1 fully saturated rings. The molecule has 0 aliphatic carbocycles. The number of rotatable bonds is 8. The molecule has 0 amide bonds. The molecule has 0 spiro atoms. The second-order valence-corrected chi connectivity index (χ2v) is 5.03. The van der Waals surface area contributed by atoms with Crippen LogP contribution in [-0.2, 0) is 4.74 Å². The van der Waals surface area contributed by atoms with E-state index in [2.05, 4.69) is 17.1 Å². The number of ether oxygens (including phenoxy) is 1. The minimum absolute atomic E-state index is 0.780. The van der Waals surface area contributed by atoms with E-state index in [0.717, 1.165) is 38.8 Å². The summed E-state index contributed by atoms with van der Waals surface area (Å²) in [6.07, 6.45) is 6.73. The van der Waals surface area contributed by atoms with Crippen LogP contribution in [0.2, 0.25) is 0 Å². The van der Waals surface area contributed by atoms with Crippen molar-refractivity contribution in [2.24, 2.45) is 0 Å². The molecule has 0 saturated carbocycles. The summed E-state index contributed by atoms with van der Waals surface area (Å²) in [5, 5.41) is 3.51. The van der Waals surface area contributed by atoms with Crippen molar-refractivity contribution in [3.63, 3.8) is 0 Å². The van der Waals surface area contributed by atoms with Crippen LogP contribution in [0.5, 0.6) is 0 Å². The summed E-state index contributed by atoms with van der Waals surface area (Å²) in [5.74, 6) is 0. The van der Waals surface area contributed by atoms with Crippen LogP contribution in [0.3, 0.4) is 0 Å². The summed E-state index contributed by atoms with van der Waals surface area (Å²) >= 11 is 0. The molecule has 1 rings (SSSR count). The minimum Gasteiger partial charge on any atom is -0.382 e. The molecular formula is C14H30N2O. The molecule has 3 nitrogen and oxygen atoms in total. The predicted octanol–water partition coefficient (Wildman–Crippen LogP) is 2.27. The van der Waals surface area contributed by atoms with Crippen molar-refractivity contribution in [3.8, 4) is 0 Å². The van der Waals surface area contributed by atoms with Crippen LogP contribution in [-0.4, -0.2) is 50.3 Å². The van der Waals surface area contributed by atoms with Gasteiger partial charge >= 0.3 is 0 Å². The van der Waals surface area contributed by atoms with Gasteiger partial charge in [0.1, 0.15) is 0 Å². The summed E-state index contributed by atoms with van der Waals surface area (Å²) < 4.78 is 5.31. The van der Waals surface area contributed by atoms with Gasteiger partial charge in [-0.3, -0.25) is 4.90 Å². The molecule has 1 N–H and O–H groups in total. The van der Waals surface area contributed by atoms with Crippen molar-refractivity contribution >= 4 is 0 Å². The predicted molar refractivity (Wildman–Crippen MR) is 73.5 cm³/mol. The molecule has 0 aromatic rings. The van der Waals surface area contributed by atoms with Crippen LogP contribution in [0.25, 0.3) is 0 Å². The van der Waals surface area contributed by atoms with Crippen LogP contribution < -0.4 is 5.32 Å². The molecular weight excluding hydrogens is 212 g/mol. The van der Waals surface area contributed by atoms with Gasteiger partial charge in [-0.05, 0) is 46.2 Å². The van der Waals surface area contributed by atoms with Crippen LogP contribution in [0, 0.1) is 0 Å². The second kappa shape index (κ2) is 9.86. The number of hydrogen-bond acceptors (Lipinski definition) is 3. The zero-order valence-electron chi connectivity index (χ0n) is 11.7. The van der Waals surface area contributed by atoms with E-state index in [0.29, 0.717) is 0 Å². The van der Waals surface area contributed by atoms with E-state index in [-0.39, 0.29) is 0 Å². The first kappa shape index (κ1) is 14.9. The largest absolute Gasteiger partial charge is 0.382 e. The van der Waals surface area contributed by atoms with E-state index in [4.69, 9.17) is 4.74 Å². The fraction of sp³-hybridized carbons (Fsp3) is 1.00. The van der Waals surface area contributed by atoms with E-state index < -0.39 is 0 Å². The molecule has 1 aliphatic heterocycles. The third-order valence-electron chi connectivity index (χ3n) is 3.61. The van der Waals surface area contributed by atoms with Gasteiger partial charge in [-0.2, -0.15) is 0 Å². The van der Waals surface area contributed by atoms with Crippen LogP contribution >= 0.6 is 0 Å². The van der Waals surface area contributed by atoms with Gasteiger partial charge in [0.25, 0.3) is 0 Å². The van der Waals surface area contributed by atoms with Gasteiger partial charge in [0.15, 0.2) is 0 Å². The maximum Gasteiger partial charge on any atom is 0.0477 e. The van der Waals surface area contributed by atoms with Crippen LogP contribution in [0.1, 0.15) is 46.0 Å². The monoisotopic (exact) mass is 242 g/mol. The maximum atomic E-state index is 5.31. The Hall–Kier alpha value is -0.120. The van der Waals surface area contributed by atoms with Crippen molar-refractivity contribution in [2.75, 3.05) is 39.4 Å². The fourth-order valence-corrected chi connectivity index (χ4v) is 2.46. The van der Waals surface area contributed by atoms with Crippen molar-refractivity contribution in [1.29, 1.82) is 0 Å². The molecule has 0 bridgehead atoms. The topological polar surface area (TPSA) is 24.5 Å². The van der Waals surface area contributed by atoms with Crippen LogP contribution in [0.15, 0.2) is 0 Å². The highest BCUT2D eigenvalue weighted by Crippen LogP contribution is 2.15. The smallest absolute Gasteiger partial charge is 0.0477 e. The molecule has 1 atom stereocenters. The number of nitrogens with zero attached hydrogens (tertiary/aromatic N) is 1. The highest BCUT2D eigenvalue weighted by molar-refractivity contribution is 4.72. The van der Waals surface area contributed by atoms with E-state index in [1.807, 2.05) is 6.92 Å². The number of likely N-dealkylation sites (tertiary alicyclic amines) is 1. The summed E-state index contributed by atoms with van der Waals surface area (Å²) in [5.41, 5.74) is 0. The normalized spacial score (nSPS) is 22.6. The van der Waals surface area contributed by atoms with Crippen molar-refractivity contribution in [2.45, 2.75) is 52.0 Å². The third kappa shape index (κ3) is 7.02. The number of hydrogen-bond donors (Lipinski definition) is 1. The van der Waals surface area contributed by atoms with Crippen molar-refractivity contribution in [1.82, 2.24) is 10.2 Å². The molecule has 1 unspecified atom stereocenters. The van der Waals surface area contributed by atoms with Gasteiger partial charge in [0.2, 0.25) is 0 Å². The summed E-state index contributed by atoms with van der Waals surface area (Å²) in [6.45, 7) is 10.9. The standard InChI is InChI=1S/C14H30N2O/c1-3-17-13-7-9-15-10-12-16-11-6-4-5-8-14(16)2/h14-15H,3-13H2,1-2H3. The molecule has 1 heterocycles. The molecule has 1 aliphatic rings. The SMILES string of the molecule is CCOCCCNCCN1CCCCCC1C. The maximum absolute atomic E-state index is 5.31. The highest BCUT2D eigenvalue weighted by Gasteiger charge is 2.15. The Bertz CT molecular complexity index is 176. The van der Waals surface area contributed by atoms with Gasteiger partial charge in [0.05, 0.1) is 0 Å². The first-order valence-corrected chi connectivity index (χ1v) is 7.37. The van der Waals surface area contributed by atoms with Gasteiger partial charge in [-0.15, -0.1) is 0 Å². The van der Waals surface area contributed by atoms with E-state index in [1.54, 1.807) is 0 Å².